The number of carbonyl (C=O) groups is 1. The number of thiazole rings is 1. The lowest BCUT2D eigenvalue weighted by atomic mass is 9.96. The summed E-state index contributed by atoms with van der Waals surface area (Å²) < 4.78 is 26.8. The number of aromatic nitrogens is 1. The van der Waals surface area contributed by atoms with Gasteiger partial charge in [-0.15, -0.1) is 0 Å². The van der Waals surface area contributed by atoms with Crippen LogP contribution < -0.4 is 19.6 Å². The summed E-state index contributed by atoms with van der Waals surface area (Å²) >= 11 is 7.43. The molecule has 0 amide bonds. The number of halogens is 2. The van der Waals surface area contributed by atoms with Crippen LogP contribution in [0, 0.1) is 5.82 Å². The number of carbonyl (C=O) groups excluding carboxylic acids is 1. The van der Waals surface area contributed by atoms with Crippen molar-refractivity contribution in [1.82, 2.24) is 4.57 Å². The molecule has 0 fully saturated rings. The molecule has 39 heavy (non-hydrogen) atoms. The van der Waals surface area contributed by atoms with E-state index in [4.69, 9.17) is 21.1 Å². The molecule has 4 aromatic rings. The number of esters is 1. The van der Waals surface area contributed by atoms with Crippen molar-refractivity contribution < 1.29 is 18.7 Å². The minimum Gasteiger partial charge on any atom is -0.489 e. The van der Waals surface area contributed by atoms with E-state index in [1.807, 2.05) is 48.5 Å². The lowest BCUT2D eigenvalue weighted by Crippen LogP contribution is -2.39. The minimum atomic E-state index is -0.788. The number of rotatable bonds is 7. The molecule has 0 N–H and O–H groups in total. The number of nitrogens with zero attached hydrogens (tertiary/aromatic N) is 2. The van der Waals surface area contributed by atoms with Crippen molar-refractivity contribution >= 4 is 35.0 Å². The van der Waals surface area contributed by atoms with Gasteiger partial charge in [0.2, 0.25) is 0 Å². The molecule has 198 valence electrons. The van der Waals surface area contributed by atoms with Crippen LogP contribution in [0.1, 0.15) is 36.6 Å². The van der Waals surface area contributed by atoms with E-state index in [-0.39, 0.29) is 17.7 Å². The van der Waals surface area contributed by atoms with Gasteiger partial charge in [0.25, 0.3) is 5.56 Å². The third kappa shape index (κ3) is 5.57. The molecule has 0 aliphatic carbocycles. The number of fused-ring (bicyclic) bond motifs is 1. The zero-order chi connectivity index (χ0) is 27.5. The summed E-state index contributed by atoms with van der Waals surface area (Å²) in [5.74, 6) is -0.307. The van der Waals surface area contributed by atoms with Gasteiger partial charge in [-0.1, -0.05) is 65.4 Å². The molecule has 2 heterocycles. The Kier molecular flexibility index (Phi) is 7.77. The van der Waals surface area contributed by atoms with E-state index < -0.39 is 17.8 Å². The molecule has 1 aromatic heterocycles. The second-order valence-electron chi connectivity index (χ2n) is 8.80. The molecule has 0 bridgehead atoms. The van der Waals surface area contributed by atoms with Crippen LogP contribution >= 0.6 is 22.9 Å². The van der Waals surface area contributed by atoms with E-state index in [9.17, 15) is 14.0 Å². The van der Waals surface area contributed by atoms with Crippen LogP contribution in [0.3, 0.4) is 0 Å². The van der Waals surface area contributed by atoms with Crippen molar-refractivity contribution in [3.05, 3.63) is 131 Å². The van der Waals surface area contributed by atoms with Crippen molar-refractivity contribution in [2.75, 3.05) is 6.61 Å². The summed E-state index contributed by atoms with van der Waals surface area (Å²) in [5.41, 5.74) is 2.67. The highest BCUT2D eigenvalue weighted by atomic mass is 35.5. The van der Waals surface area contributed by atoms with Gasteiger partial charge in [0.15, 0.2) is 4.80 Å². The van der Waals surface area contributed by atoms with Gasteiger partial charge >= 0.3 is 5.97 Å². The standard InChI is InChI=1S/C30H24ClFN2O4S/c1-3-37-29(36)26-18(2)33-30-34(27(26)20-10-12-22(32)13-11-20)28(35)25(39-30)16-19-8-14-23(15-9-19)38-17-21-6-4-5-7-24(21)31/h4-16,27H,3,17H2,1-2H3/b25-16-/t27-/m1/s1. The molecule has 1 aliphatic heterocycles. The number of hydrogen-bond acceptors (Lipinski definition) is 6. The Bertz CT molecular complexity index is 1740. The van der Waals surface area contributed by atoms with Gasteiger partial charge < -0.3 is 9.47 Å². The first kappa shape index (κ1) is 26.6. The van der Waals surface area contributed by atoms with E-state index >= 15 is 0 Å². The highest BCUT2D eigenvalue weighted by Crippen LogP contribution is 2.30. The fourth-order valence-electron chi connectivity index (χ4n) is 4.34. The SMILES string of the molecule is CCOC(=O)C1=C(C)N=c2s/c(=C\c3ccc(OCc4ccccc4Cl)cc3)c(=O)n2[C@@H]1c1ccc(F)cc1. The first-order valence-electron chi connectivity index (χ1n) is 12.3. The first-order valence-corrected chi connectivity index (χ1v) is 13.5. The Morgan fingerprint density at radius 2 is 1.82 bits per heavy atom. The third-order valence-electron chi connectivity index (χ3n) is 6.23. The quantitative estimate of drug-likeness (QED) is 0.291. The number of allylic oxidation sites excluding steroid dienone is 1. The van der Waals surface area contributed by atoms with Crippen LogP contribution in [0.15, 0.2) is 93.9 Å². The Labute approximate surface area is 232 Å². The van der Waals surface area contributed by atoms with Gasteiger partial charge in [0, 0.05) is 10.6 Å². The number of hydrogen-bond donors (Lipinski definition) is 0. The molecular weight excluding hydrogens is 539 g/mol. The lowest BCUT2D eigenvalue weighted by Gasteiger charge is -2.24. The predicted octanol–water partition coefficient (Wildman–Crippen LogP) is 5.17. The average Bonchev–Trinajstić information content (AvgIpc) is 3.23. The molecule has 0 radical (unpaired) electrons. The highest BCUT2D eigenvalue weighted by molar-refractivity contribution is 7.07. The van der Waals surface area contributed by atoms with Crippen molar-refractivity contribution in [3.8, 4) is 5.75 Å². The highest BCUT2D eigenvalue weighted by Gasteiger charge is 2.33. The van der Waals surface area contributed by atoms with Gasteiger partial charge in [-0.3, -0.25) is 9.36 Å². The summed E-state index contributed by atoms with van der Waals surface area (Å²) in [6, 6.07) is 19.8. The predicted molar refractivity (Wildman–Crippen MR) is 149 cm³/mol. The van der Waals surface area contributed by atoms with Crippen LogP contribution in [0.4, 0.5) is 4.39 Å². The summed E-state index contributed by atoms with van der Waals surface area (Å²) in [4.78, 5) is 31.6. The normalized spacial score (nSPS) is 15.1. The van der Waals surface area contributed by atoms with Crippen molar-refractivity contribution in [3.63, 3.8) is 0 Å². The maximum atomic E-state index is 13.7. The third-order valence-corrected chi connectivity index (χ3v) is 7.58. The zero-order valence-corrected chi connectivity index (χ0v) is 22.8. The number of benzene rings is 3. The summed E-state index contributed by atoms with van der Waals surface area (Å²) in [7, 11) is 0. The molecule has 9 heteroatoms. The molecule has 0 saturated heterocycles. The first-order chi connectivity index (χ1) is 18.9. The summed E-state index contributed by atoms with van der Waals surface area (Å²) in [6.45, 7) is 3.93. The largest absolute Gasteiger partial charge is 0.489 e. The van der Waals surface area contributed by atoms with Crippen LogP contribution in [-0.2, 0) is 16.1 Å². The second-order valence-corrected chi connectivity index (χ2v) is 10.2. The summed E-state index contributed by atoms with van der Waals surface area (Å²) in [6.07, 6.45) is 1.77. The van der Waals surface area contributed by atoms with Gasteiger partial charge in [0.05, 0.1) is 28.5 Å². The summed E-state index contributed by atoms with van der Waals surface area (Å²) in [5, 5.41) is 0.643. The molecule has 3 aromatic carbocycles. The average molecular weight is 563 g/mol. The van der Waals surface area contributed by atoms with Gasteiger partial charge in [-0.2, -0.15) is 0 Å². The Hall–Kier alpha value is -4.01. The fraction of sp³-hybridized carbons (Fsp3) is 0.167. The maximum absolute atomic E-state index is 13.7. The Balaban J connectivity index is 1.50. The smallest absolute Gasteiger partial charge is 0.338 e. The van der Waals surface area contributed by atoms with E-state index in [0.29, 0.717) is 38.0 Å². The van der Waals surface area contributed by atoms with Gasteiger partial charge in [-0.25, -0.2) is 14.2 Å². The number of ether oxygens (including phenoxy) is 2. The molecule has 6 nitrogen and oxygen atoms in total. The molecule has 0 spiro atoms. The Morgan fingerprint density at radius 3 is 2.51 bits per heavy atom. The molecule has 5 rings (SSSR count). The second kappa shape index (κ2) is 11.4. The monoisotopic (exact) mass is 562 g/mol. The van der Waals surface area contributed by atoms with Crippen molar-refractivity contribution in [2.24, 2.45) is 4.99 Å². The van der Waals surface area contributed by atoms with E-state index in [0.717, 1.165) is 11.1 Å². The fourth-order valence-corrected chi connectivity index (χ4v) is 5.58. The van der Waals surface area contributed by atoms with Gasteiger partial charge in [-0.05, 0) is 61.4 Å². The molecule has 1 aliphatic rings. The van der Waals surface area contributed by atoms with Crippen LogP contribution in [0.2, 0.25) is 5.02 Å². The van der Waals surface area contributed by atoms with Crippen LogP contribution in [0.5, 0.6) is 5.75 Å². The van der Waals surface area contributed by atoms with E-state index in [2.05, 4.69) is 4.99 Å². The molecule has 0 unspecified atom stereocenters. The molecule has 0 saturated carbocycles. The van der Waals surface area contributed by atoms with Crippen LogP contribution in [0.25, 0.3) is 6.08 Å². The lowest BCUT2D eigenvalue weighted by molar-refractivity contribution is -0.139. The van der Waals surface area contributed by atoms with E-state index in [1.54, 1.807) is 32.1 Å². The maximum Gasteiger partial charge on any atom is 0.338 e. The Morgan fingerprint density at radius 1 is 1.10 bits per heavy atom. The molecular formula is C30H24ClFN2O4S. The van der Waals surface area contributed by atoms with Crippen LogP contribution in [-0.4, -0.2) is 17.1 Å². The topological polar surface area (TPSA) is 69.9 Å². The molecule has 1 atom stereocenters. The minimum absolute atomic E-state index is 0.175. The van der Waals surface area contributed by atoms with E-state index in [1.165, 1.54) is 28.0 Å². The van der Waals surface area contributed by atoms with Crippen molar-refractivity contribution in [2.45, 2.75) is 26.5 Å². The van der Waals surface area contributed by atoms with Gasteiger partial charge in [0.1, 0.15) is 18.2 Å². The van der Waals surface area contributed by atoms with Crippen molar-refractivity contribution in [1.29, 1.82) is 0 Å². The zero-order valence-electron chi connectivity index (χ0n) is 21.2.